The van der Waals surface area contributed by atoms with Crippen molar-refractivity contribution in [3.8, 4) is 6.07 Å². The first-order chi connectivity index (χ1) is 9.22. The van der Waals surface area contributed by atoms with Crippen molar-refractivity contribution in [1.82, 2.24) is 0 Å². The summed E-state index contributed by atoms with van der Waals surface area (Å²) in [5.74, 6) is -0.790. The van der Waals surface area contributed by atoms with Crippen LogP contribution in [0.25, 0.3) is 0 Å². The van der Waals surface area contributed by atoms with E-state index in [1.165, 1.54) is 0 Å². The maximum atomic E-state index is 12.3. The number of nitrogens with zero attached hydrogens (tertiary/aromatic N) is 2. The third-order valence-corrected chi connectivity index (χ3v) is 3.08. The van der Waals surface area contributed by atoms with Crippen molar-refractivity contribution in [2.75, 3.05) is 0 Å². The van der Waals surface area contributed by atoms with Crippen molar-refractivity contribution in [3.05, 3.63) is 66.0 Å². The van der Waals surface area contributed by atoms with Crippen molar-refractivity contribution in [2.45, 2.75) is 19.4 Å². The molecule has 0 aliphatic heterocycles. The Kier molecular flexibility index (Phi) is 4.04. The van der Waals surface area contributed by atoms with E-state index in [-0.39, 0.29) is 12.3 Å². The van der Waals surface area contributed by atoms with Crippen molar-refractivity contribution in [1.29, 1.82) is 5.26 Å². The van der Waals surface area contributed by atoms with Gasteiger partial charge in [-0.2, -0.15) is 9.83 Å². The molecule has 0 unspecified atom stereocenters. The number of pyridine rings is 1. The first kappa shape index (κ1) is 13.0. The summed E-state index contributed by atoms with van der Waals surface area (Å²) in [6, 6.07) is 17.0. The second kappa shape index (κ2) is 5.92. The van der Waals surface area contributed by atoms with Gasteiger partial charge in [0.05, 0.1) is 6.07 Å². The fourth-order valence-electron chi connectivity index (χ4n) is 1.98. The largest absolute Gasteiger partial charge is 0.291 e. The number of benzene rings is 1. The van der Waals surface area contributed by atoms with Crippen LogP contribution in [0.2, 0.25) is 0 Å². The van der Waals surface area contributed by atoms with Gasteiger partial charge in [0, 0.05) is 19.1 Å². The van der Waals surface area contributed by atoms with E-state index < -0.39 is 5.92 Å². The van der Waals surface area contributed by atoms with E-state index in [1.54, 1.807) is 0 Å². The van der Waals surface area contributed by atoms with Crippen LogP contribution < -0.4 is 4.57 Å². The number of Topliss-reactive ketones (excluding diaryl/α,β-unsaturated/α-hetero) is 1. The molecule has 0 N–H and O–H groups in total. The minimum absolute atomic E-state index is 0.0898. The predicted molar refractivity (Wildman–Crippen MR) is 71.2 cm³/mol. The zero-order chi connectivity index (χ0) is 13.7. The molecule has 0 saturated carbocycles. The topological polar surface area (TPSA) is 44.7 Å². The van der Waals surface area contributed by atoms with Crippen LogP contribution in [0.5, 0.6) is 0 Å². The molecular weight excluding hydrogens is 236 g/mol. The van der Waals surface area contributed by atoms with E-state index in [1.807, 2.05) is 66.2 Å². The van der Waals surface area contributed by atoms with Crippen LogP contribution in [-0.2, 0) is 11.3 Å². The number of nitriles is 1. The lowest BCUT2D eigenvalue weighted by Crippen LogP contribution is -2.41. The summed E-state index contributed by atoms with van der Waals surface area (Å²) >= 11 is 0. The molecule has 0 radical (unpaired) electrons. The normalized spacial score (nSPS) is 11.6. The molecule has 0 amide bonds. The van der Waals surface area contributed by atoms with Crippen LogP contribution in [0.3, 0.4) is 0 Å². The summed E-state index contributed by atoms with van der Waals surface area (Å²) < 4.78 is 1.86. The SMILES string of the molecule is Cc1cccc[n+]1CC(=O)[C@@H](C#N)c1ccccc1. The number of carbonyl (C=O) groups excluding carboxylic acids is 1. The molecule has 19 heavy (non-hydrogen) atoms. The Balaban J connectivity index is 2.20. The van der Waals surface area contributed by atoms with Crippen LogP contribution >= 0.6 is 0 Å². The molecular formula is C16H15N2O+. The molecule has 1 atom stereocenters. The van der Waals surface area contributed by atoms with Gasteiger partial charge in [-0.25, -0.2) is 0 Å². The van der Waals surface area contributed by atoms with Crippen LogP contribution in [0.15, 0.2) is 54.7 Å². The first-order valence-corrected chi connectivity index (χ1v) is 6.14. The highest BCUT2D eigenvalue weighted by atomic mass is 16.1. The number of hydrogen-bond acceptors (Lipinski definition) is 2. The third kappa shape index (κ3) is 3.05. The standard InChI is InChI=1S/C16H15N2O/c1-13-7-5-6-10-18(13)12-16(19)15(11-17)14-8-3-2-4-9-14/h2-10,15H,12H2,1H3/q+1/t15-/m0/s1. The molecule has 1 aromatic carbocycles. The van der Waals surface area contributed by atoms with E-state index in [2.05, 4.69) is 6.07 Å². The Hall–Kier alpha value is -2.47. The zero-order valence-electron chi connectivity index (χ0n) is 10.8. The first-order valence-electron chi connectivity index (χ1n) is 6.14. The smallest absolute Gasteiger partial charge is 0.218 e. The van der Waals surface area contributed by atoms with Crippen LogP contribution in [0, 0.1) is 18.3 Å². The van der Waals surface area contributed by atoms with Gasteiger partial charge in [-0.05, 0) is 5.56 Å². The van der Waals surface area contributed by atoms with Gasteiger partial charge in [0.15, 0.2) is 11.9 Å². The van der Waals surface area contributed by atoms with Gasteiger partial charge in [-0.1, -0.05) is 36.4 Å². The van der Waals surface area contributed by atoms with E-state index in [0.717, 1.165) is 11.3 Å². The van der Waals surface area contributed by atoms with Gasteiger partial charge in [0.2, 0.25) is 12.3 Å². The lowest BCUT2D eigenvalue weighted by Gasteiger charge is -2.06. The summed E-state index contributed by atoms with van der Waals surface area (Å²) in [6.45, 7) is 2.16. The summed E-state index contributed by atoms with van der Waals surface area (Å²) in [7, 11) is 0. The Morgan fingerprint density at radius 3 is 2.53 bits per heavy atom. The van der Waals surface area contributed by atoms with Crippen molar-refractivity contribution < 1.29 is 9.36 Å². The second-order valence-corrected chi connectivity index (χ2v) is 4.41. The zero-order valence-corrected chi connectivity index (χ0v) is 10.8. The molecule has 0 aliphatic rings. The quantitative estimate of drug-likeness (QED) is 0.782. The highest BCUT2D eigenvalue weighted by Crippen LogP contribution is 2.15. The third-order valence-electron chi connectivity index (χ3n) is 3.08. The minimum Gasteiger partial charge on any atom is -0.291 e. The fraction of sp³-hybridized carbons (Fsp3) is 0.188. The maximum absolute atomic E-state index is 12.3. The molecule has 0 fully saturated rings. The van der Waals surface area contributed by atoms with Gasteiger partial charge >= 0.3 is 0 Å². The van der Waals surface area contributed by atoms with Crippen molar-refractivity contribution in [2.24, 2.45) is 0 Å². The summed E-state index contributed by atoms with van der Waals surface area (Å²) in [4.78, 5) is 12.3. The lowest BCUT2D eigenvalue weighted by atomic mass is 9.96. The summed E-state index contributed by atoms with van der Waals surface area (Å²) in [6.07, 6.45) is 1.85. The van der Waals surface area contributed by atoms with Gasteiger partial charge in [-0.3, -0.25) is 4.79 Å². The molecule has 94 valence electrons. The Bertz CT molecular complexity index is 614. The van der Waals surface area contributed by atoms with E-state index in [4.69, 9.17) is 0 Å². The molecule has 2 aromatic rings. The Labute approximate surface area is 112 Å². The Morgan fingerprint density at radius 2 is 1.89 bits per heavy atom. The molecule has 0 aliphatic carbocycles. The molecule has 0 bridgehead atoms. The van der Waals surface area contributed by atoms with E-state index in [9.17, 15) is 10.1 Å². The molecule has 0 saturated heterocycles. The number of aryl methyl sites for hydroxylation is 1. The number of hydrogen-bond donors (Lipinski definition) is 0. The average molecular weight is 251 g/mol. The summed E-state index contributed by atoms with van der Waals surface area (Å²) in [5.41, 5.74) is 1.75. The minimum atomic E-state index is -0.701. The molecule has 0 spiro atoms. The molecule has 3 nitrogen and oxygen atoms in total. The number of ketones is 1. The van der Waals surface area contributed by atoms with Gasteiger partial charge in [0.25, 0.3) is 0 Å². The fourth-order valence-corrected chi connectivity index (χ4v) is 1.98. The highest BCUT2D eigenvalue weighted by molar-refractivity contribution is 5.87. The monoisotopic (exact) mass is 251 g/mol. The van der Waals surface area contributed by atoms with Crippen molar-refractivity contribution in [3.63, 3.8) is 0 Å². The second-order valence-electron chi connectivity index (χ2n) is 4.41. The summed E-state index contributed by atoms with van der Waals surface area (Å²) in [5, 5.41) is 9.22. The Morgan fingerprint density at radius 1 is 1.21 bits per heavy atom. The van der Waals surface area contributed by atoms with Crippen LogP contribution in [-0.4, -0.2) is 5.78 Å². The maximum Gasteiger partial charge on any atom is 0.218 e. The molecule has 1 heterocycles. The number of carbonyl (C=O) groups is 1. The average Bonchev–Trinajstić information content (AvgIpc) is 2.43. The van der Waals surface area contributed by atoms with Gasteiger partial charge in [0.1, 0.15) is 5.92 Å². The van der Waals surface area contributed by atoms with Crippen LogP contribution in [0.1, 0.15) is 17.2 Å². The van der Waals surface area contributed by atoms with Crippen molar-refractivity contribution >= 4 is 5.78 Å². The van der Waals surface area contributed by atoms with Gasteiger partial charge in [-0.15, -0.1) is 0 Å². The predicted octanol–water partition coefficient (Wildman–Crippen LogP) is 2.16. The molecule has 2 rings (SSSR count). The van der Waals surface area contributed by atoms with Gasteiger partial charge < -0.3 is 0 Å². The molecule has 3 heteroatoms. The van der Waals surface area contributed by atoms with Crippen LogP contribution in [0.4, 0.5) is 0 Å². The number of aromatic nitrogens is 1. The number of rotatable bonds is 4. The van der Waals surface area contributed by atoms with E-state index in [0.29, 0.717) is 0 Å². The lowest BCUT2D eigenvalue weighted by molar-refractivity contribution is -0.690. The molecule has 1 aromatic heterocycles. The van der Waals surface area contributed by atoms with E-state index >= 15 is 0 Å². The highest BCUT2D eigenvalue weighted by Gasteiger charge is 2.23.